The first-order valence-corrected chi connectivity index (χ1v) is 11.7. The number of nitrogen functional groups attached to an aromatic ring is 1. The lowest BCUT2D eigenvalue weighted by molar-refractivity contribution is 0.0971. The van der Waals surface area contributed by atoms with E-state index in [0.29, 0.717) is 39.0 Å². The quantitative estimate of drug-likeness (QED) is 0.394. The first-order valence-electron chi connectivity index (χ1n) is 9.69. The molecular formula is C23H17BrN4O3S. The molecule has 9 heteroatoms. The fourth-order valence-electron chi connectivity index (χ4n) is 4.19. The van der Waals surface area contributed by atoms with Crippen molar-refractivity contribution in [1.29, 1.82) is 0 Å². The molecule has 1 aromatic heterocycles. The van der Waals surface area contributed by atoms with Crippen molar-refractivity contribution in [2.75, 3.05) is 24.4 Å². The van der Waals surface area contributed by atoms with Gasteiger partial charge in [0.2, 0.25) is 5.78 Å². The van der Waals surface area contributed by atoms with Crippen LogP contribution in [0.5, 0.6) is 5.75 Å². The molecule has 0 saturated heterocycles. The Morgan fingerprint density at radius 3 is 2.47 bits per heavy atom. The molecule has 160 valence electrons. The van der Waals surface area contributed by atoms with Crippen LogP contribution in [-0.4, -0.2) is 34.9 Å². The third kappa shape index (κ3) is 3.03. The molecule has 0 fully saturated rings. The molecule has 32 heavy (non-hydrogen) atoms. The summed E-state index contributed by atoms with van der Waals surface area (Å²) in [6, 6.07) is 12.4. The van der Waals surface area contributed by atoms with E-state index in [0.717, 1.165) is 10.0 Å². The van der Waals surface area contributed by atoms with Gasteiger partial charge in [0.1, 0.15) is 17.4 Å². The number of nitrogens with zero attached hydrogens (tertiary/aromatic N) is 2. The normalized spacial score (nSPS) is 16.8. The van der Waals surface area contributed by atoms with E-state index in [1.165, 1.54) is 11.8 Å². The molecule has 2 aromatic carbocycles. The number of methoxy groups -OCH3 is 1. The Labute approximate surface area is 196 Å². The lowest BCUT2D eigenvalue weighted by Crippen LogP contribution is -2.34. The number of Topliss-reactive ketones (excluding diaryl/α,β-unsaturated/α-hetero) is 2. The van der Waals surface area contributed by atoms with Crippen molar-refractivity contribution < 1.29 is 14.3 Å². The zero-order valence-electron chi connectivity index (χ0n) is 17.1. The Balaban J connectivity index is 1.80. The summed E-state index contributed by atoms with van der Waals surface area (Å²) in [5.41, 5.74) is 9.02. The van der Waals surface area contributed by atoms with Gasteiger partial charge in [0.05, 0.1) is 17.3 Å². The Morgan fingerprint density at radius 1 is 1.09 bits per heavy atom. The van der Waals surface area contributed by atoms with Crippen molar-refractivity contribution in [3.8, 4) is 5.75 Å². The highest BCUT2D eigenvalue weighted by atomic mass is 79.9. The minimum absolute atomic E-state index is 0.223. The van der Waals surface area contributed by atoms with Crippen LogP contribution in [0.2, 0.25) is 0 Å². The number of nitrogens with one attached hydrogen (secondary N) is 1. The third-order valence-corrected chi connectivity index (χ3v) is 6.79. The van der Waals surface area contributed by atoms with Gasteiger partial charge in [-0.2, -0.15) is 0 Å². The smallest absolute Gasteiger partial charge is 0.210 e. The summed E-state index contributed by atoms with van der Waals surface area (Å²) in [6.45, 7) is 0. The summed E-state index contributed by atoms with van der Waals surface area (Å²) in [5, 5.41) is 3.58. The van der Waals surface area contributed by atoms with Crippen LogP contribution in [-0.2, 0) is 0 Å². The Hall–Kier alpha value is -3.17. The van der Waals surface area contributed by atoms with Gasteiger partial charge >= 0.3 is 0 Å². The molecule has 7 nitrogen and oxygen atoms in total. The maximum atomic E-state index is 13.7. The number of thioether (sulfide) groups is 1. The number of fused-ring (bicyclic) bond motifs is 2. The van der Waals surface area contributed by atoms with E-state index >= 15 is 0 Å². The van der Waals surface area contributed by atoms with Crippen molar-refractivity contribution in [3.05, 3.63) is 80.5 Å². The fraction of sp³-hybridized carbons (Fsp3) is 0.130. The van der Waals surface area contributed by atoms with E-state index in [4.69, 9.17) is 10.5 Å². The number of carbonyl (C=O) groups excluding carboxylic acids is 2. The largest absolute Gasteiger partial charge is 0.496 e. The van der Waals surface area contributed by atoms with Crippen LogP contribution in [0.1, 0.15) is 37.8 Å². The summed E-state index contributed by atoms with van der Waals surface area (Å²) in [6.07, 6.45) is 1.85. The minimum Gasteiger partial charge on any atom is -0.496 e. The maximum absolute atomic E-state index is 13.7. The predicted molar refractivity (Wildman–Crippen MR) is 127 cm³/mol. The number of ketones is 2. The average molecular weight is 509 g/mol. The molecule has 5 rings (SSSR count). The molecule has 1 atom stereocenters. The van der Waals surface area contributed by atoms with Crippen molar-refractivity contribution in [2.24, 2.45) is 0 Å². The van der Waals surface area contributed by atoms with Gasteiger partial charge in [-0.3, -0.25) is 9.59 Å². The molecular weight excluding hydrogens is 492 g/mol. The summed E-state index contributed by atoms with van der Waals surface area (Å²) >= 11 is 4.87. The van der Waals surface area contributed by atoms with Gasteiger partial charge in [0.15, 0.2) is 10.9 Å². The van der Waals surface area contributed by atoms with E-state index in [1.54, 1.807) is 37.4 Å². The summed E-state index contributed by atoms with van der Waals surface area (Å²) < 4.78 is 6.08. The van der Waals surface area contributed by atoms with Crippen molar-refractivity contribution in [2.45, 2.75) is 11.1 Å². The van der Waals surface area contributed by atoms with Gasteiger partial charge in [-0.15, -0.1) is 0 Å². The molecule has 2 aliphatic rings. The summed E-state index contributed by atoms with van der Waals surface area (Å²) in [4.78, 5) is 36.0. The highest BCUT2D eigenvalue weighted by Gasteiger charge is 2.43. The number of ether oxygens (including phenoxy) is 1. The minimum atomic E-state index is -0.621. The van der Waals surface area contributed by atoms with Gasteiger partial charge in [-0.05, 0) is 39.9 Å². The summed E-state index contributed by atoms with van der Waals surface area (Å²) in [7, 11) is 1.58. The van der Waals surface area contributed by atoms with Crippen LogP contribution >= 0.6 is 27.7 Å². The van der Waals surface area contributed by atoms with Crippen molar-refractivity contribution in [3.63, 3.8) is 0 Å². The number of anilines is 2. The highest BCUT2D eigenvalue weighted by Crippen LogP contribution is 2.48. The second-order valence-electron chi connectivity index (χ2n) is 7.30. The number of aromatic nitrogens is 2. The lowest BCUT2D eigenvalue weighted by Gasteiger charge is -2.33. The van der Waals surface area contributed by atoms with Crippen LogP contribution in [0.4, 0.5) is 11.6 Å². The molecule has 1 aliphatic heterocycles. The number of halogens is 1. The van der Waals surface area contributed by atoms with Gasteiger partial charge in [0.25, 0.3) is 0 Å². The number of rotatable bonds is 3. The fourth-order valence-corrected chi connectivity index (χ4v) is 5.12. The van der Waals surface area contributed by atoms with Gasteiger partial charge in [0, 0.05) is 28.2 Å². The number of hydrogen-bond acceptors (Lipinski definition) is 8. The molecule has 2 heterocycles. The standard InChI is InChI=1S/C23H17BrN4O3S/c1-31-14-8-7-10(9-13(14)24)15-16-18(20(30)12-6-4-3-5-11(12)19(16)29)26-22-17(15)21(25)27-23(28-22)32-2/h3-9,15H,1-2H3,(H3,25,26,27,28). The predicted octanol–water partition coefficient (Wildman–Crippen LogP) is 4.44. The molecule has 1 unspecified atom stereocenters. The Bertz CT molecular complexity index is 1360. The van der Waals surface area contributed by atoms with E-state index < -0.39 is 5.92 Å². The SMILES string of the molecule is COc1ccc(C2C3=C(Nc4nc(SC)nc(N)c42)C(=O)c2ccccc2C3=O)cc1Br. The number of allylic oxidation sites excluding steroid dienone is 2. The van der Waals surface area contributed by atoms with Crippen molar-refractivity contribution in [1.82, 2.24) is 9.97 Å². The second kappa shape index (κ2) is 7.75. The number of benzene rings is 2. The molecule has 0 radical (unpaired) electrons. The van der Waals surface area contributed by atoms with E-state index in [9.17, 15) is 9.59 Å². The van der Waals surface area contributed by atoms with E-state index in [1.807, 2.05) is 18.4 Å². The molecule has 1 aliphatic carbocycles. The molecule has 3 aromatic rings. The van der Waals surface area contributed by atoms with Crippen LogP contribution < -0.4 is 15.8 Å². The molecule has 0 spiro atoms. The van der Waals surface area contributed by atoms with E-state index in [2.05, 4.69) is 31.2 Å². The van der Waals surface area contributed by atoms with Crippen LogP contribution in [0, 0.1) is 0 Å². The van der Waals surface area contributed by atoms with Gasteiger partial charge in [-0.1, -0.05) is 42.1 Å². The zero-order chi connectivity index (χ0) is 22.6. The topological polar surface area (TPSA) is 107 Å². The van der Waals surface area contributed by atoms with Crippen molar-refractivity contribution >= 4 is 50.9 Å². The lowest BCUT2D eigenvalue weighted by atomic mass is 9.74. The van der Waals surface area contributed by atoms with Gasteiger partial charge < -0.3 is 15.8 Å². The Morgan fingerprint density at radius 2 is 1.81 bits per heavy atom. The number of hydrogen-bond donors (Lipinski definition) is 2. The monoisotopic (exact) mass is 508 g/mol. The maximum Gasteiger partial charge on any atom is 0.210 e. The zero-order valence-corrected chi connectivity index (χ0v) is 19.5. The molecule has 0 saturated carbocycles. The number of nitrogens with two attached hydrogens (primary N) is 1. The Kier molecular flexibility index (Phi) is 5.02. The average Bonchev–Trinajstić information content (AvgIpc) is 2.81. The second-order valence-corrected chi connectivity index (χ2v) is 8.93. The molecule has 0 bridgehead atoms. The molecule has 0 amide bonds. The summed E-state index contributed by atoms with van der Waals surface area (Å²) in [5.74, 6) is 0.243. The highest BCUT2D eigenvalue weighted by molar-refractivity contribution is 9.10. The van der Waals surface area contributed by atoms with Gasteiger partial charge in [-0.25, -0.2) is 9.97 Å². The van der Waals surface area contributed by atoms with Crippen LogP contribution in [0.15, 0.2) is 63.4 Å². The van der Waals surface area contributed by atoms with E-state index in [-0.39, 0.29) is 23.1 Å². The number of carbonyl (C=O) groups is 2. The first kappa shape index (κ1) is 20.7. The first-order chi connectivity index (χ1) is 15.4. The third-order valence-electron chi connectivity index (χ3n) is 5.62. The molecule has 3 N–H and O–H groups in total. The van der Waals surface area contributed by atoms with Crippen LogP contribution in [0.25, 0.3) is 0 Å². The van der Waals surface area contributed by atoms with Crippen LogP contribution in [0.3, 0.4) is 0 Å².